The Hall–Kier alpha value is -5.39. The Labute approximate surface area is 382 Å². The largest absolute Gasteiger partial charge is 0.500 e. The fourth-order valence-electron chi connectivity index (χ4n) is 7.61. The van der Waals surface area contributed by atoms with Crippen LogP contribution < -0.4 is 5.19 Å². The van der Waals surface area contributed by atoms with E-state index in [1.165, 1.54) is 34.5 Å². The van der Waals surface area contributed by atoms with Crippen molar-refractivity contribution in [3.05, 3.63) is 167 Å². The van der Waals surface area contributed by atoms with E-state index in [1.807, 2.05) is 42.6 Å². The Balaban J connectivity index is 0.000000281. The SMILES string of the molecule is [2H]C([2H])([2H])c1c[c-]c(-c2ccc([Si](C)(C)C)cn2)cc1.[2H]C([2H])([2H])c1cc(C([2H])([2H])[2H])c2c(c1)oc1c[c-]c(-c3nc4ccccc4n3-c3c(C(C)C)cc(-c4ccccc4)cc3C(C)C)cc12.[Ir]. The third-order valence-electron chi connectivity index (χ3n) is 10.8. The van der Waals surface area contributed by atoms with Gasteiger partial charge < -0.3 is 14.0 Å². The van der Waals surface area contributed by atoms with Gasteiger partial charge in [-0.25, -0.2) is 0 Å². The Morgan fingerprint density at radius 1 is 0.683 bits per heavy atom. The summed E-state index contributed by atoms with van der Waals surface area (Å²) in [6, 6.07) is 44.6. The van der Waals surface area contributed by atoms with E-state index in [4.69, 9.17) is 21.7 Å². The molecule has 3 heterocycles. The molecule has 1 radical (unpaired) electrons. The molecule has 3 aromatic heterocycles. The number of nitrogens with zero attached hydrogens (tertiary/aromatic N) is 3. The molecule has 0 amide bonds. The number of para-hydroxylation sites is 2. The molecule has 305 valence electrons. The van der Waals surface area contributed by atoms with E-state index in [0.29, 0.717) is 33.3 Å². The minimum Gasteiger partial charge on any atom is -0.500 e. The average Bonchev–Trinajstić information content (AvgIpc) is 3.86. The van der Waals surface area contributed by atoms with Gasteiger partial charge in [0.25, 0.3) is 0 Å². The second kappa shape index (κ2) is 17.3. The summed E-state index contributed by atoms with van der Waals surface area (Å²) in [4.78, 5) is 9.62. The van der Waals surface area contributed by atoms with Crippen molar-refractivity contribution in [1.82, 2.24) is 14.5 Å². The molecule has 0 unspecified atom stereocenters. The molecule has 0 atom stereocenters. The average molecular weight is 989 g/mol. The Morgan fingerprint density at radius 2 is 1.40 bits per heavy atom. The van der Waals surface area contributed by atoms with Crippen molar-refractivity contribution in [3.63, 3.8) is 0 Å². The Bertz CT molecular complexity index is 3190. The van der Waals surface area contributed by atoms with E-state index in [0.717, 1.165) is 39.1 Å². The molecule has 0 fully saturated rings. The van der Waals surface area contributed by atoms with Crippen LogP contribution in [0.1, 0.15) is 79.7 Å². The molecule has 0 saturated heterocycles. The number of benzene rings is 6. The minimum absolute atomic E-state index is 0. The molecule has 0 aliphatic heterocycles. The van der Waals surface area contributed by atoms with Crippen LogP contribution in [0.5, 0.6) is 0 Å². The maximum atomic E-state index is 8.30. The summed E-state index contributed by atoms with van der Waals surface area (Å²) in [7, 11) is -1.34. The standard InChI is InChI=1S/C39H35N2O.C15H18NSi.Ir/c1-23(2)30-21-29(27-12-8-7-9-13-27)22-31(24(3)4)38(30)41-34-15-11-10-14-33(34)40-39(41)28-16-17-35-32(20-28)37-26(6)18-25(5)19-36(37)42-35;1-12-5-7-13(8-6-12)15-10-9-14(11-16-15)17(2,3)4;/h7-15,17-24H,1-6H3;5-7,9-11H,1-4H3;/q2*-1;/i5D3,6D3;1D3;. The van der Waals surface area contributed by atoms with E-state index in [-0.39, 0.29) is 48.7 Å². The summed E-state index contributed by atoms with van der Waals surface area (Å²) in [5, 5.41) is 2.24. The maximum Gasteiger partial charge on any atom is 0.121 e. The second-order valence-electron chi connectivity index (χ2n) is 16.7. The van der Waals surface area contributed by atoms with Crippen LogP contribution in [0.4, 0.5) is 0 Å². The summed E-state index contributed by atoms with van der Waals surface area (Å²) in [6.07, 6.45) is 1.92. The zero-order valence-electron chi connectivity index (χ0n) is 43.9. The molecule has 6 aromatic carbocycles. The van der Waals surface area contributed by atoms with Gasteiger partial charge >= 0.3 is 0 Å². The zero-order chi connectivity index (χ0) is 49.1. The van der Waals surface area contributed by atoms with Gasteiger partial charge in [-0.3, -0.25) is 4.98 Å². The molecule has 0 N–H and O–H groups in total. The molecule has 0 bridgehead atoms. The van der Waals surface area contributed by atoms with Gasteiger partial charge in [0.05, 0.1) is 30.5 Å². The summed E-state index contributed by atoms with van der Waals surface area (Å²) in [5.74, 6) is 1.04. The van der Waals surface area contributed by atoms with Crippen molar-refractivity contribution in [1.29, 1.82) is 0 Å². The van der Waals surface area contributed by atoms with Gasteiger partial charge in [0, 0.05) is 49.7 Å². The summed E-state index contributed by atoms with van der Waals surface area (Å²) in [5.41, 5.74) is 10.6. The van der Waals surface area contributed by atoms with Crippen LogP contribution >= 0.6 is 0 Å². The summed E-state index contributed by atoms with van der Waals surface area (Å²) < 4.78 is 79.0. The van der Waals surface area contributed by atoms with Gasteiger partial charge in [0.1, 0.15) is 5.58 Å². The molecule has 0 aliphatic rings. The number of furan rings is 1. The van der Waals surface area contributed by atoms with E-state index in [9.17, 15) is 0 Å². The van der Waals surface area contributed by atoms with E-state index >= 15 is 0 Å². The number of imidazole rings is 1. The van der Waals surface area contributed by atoms with Gasteiger partial charge in [0.15, 0.2) is 0 Å². The van der Waals surface area contributed by atoms with Gasteiger partial charge in [-0.15, -0.1) is 59.2 Å². The Kier molecular flexibility index (Phi) is 9.34. The van der Waals surface area contributed by atoms with Crippen molar-refractivity contribution in [2.24, 2.45) is 0 Å². The van der Waals surface area contributed by atoms with Gasteiger partial charge in [-0.2, -0.15) is 0 Å². The van der Waals surface area contributed by atoms with Crippen molar-refractivity contribution < 1.29 is 36.9 Å². The zero-order valence-corrected chi connectivity index (χ0v) is 38.3. The molecule has 0 aliphatic carbocycles. The van der Waals surface area contributed by atoms with Crippen molar-refractivity contribution in [2.75, 3.05) is 0 Å². The first-order chi connectivity index (χ1) is 31.9. The molecule has 9 rings (SSSR count). The molecule has 6 heteroatoms. The van der Waals surface area contributed by atoms with E-state index < -0.39 is 28.6 Å². The van der Waals surface area contributed by atoms with Crippen LogP contribution in [0.25, 0.3) is 72.4 Å². The predicted molar refractivity (Wildman–Crippen MR) is 252 cm³/mol. The number of aromatic nitrogens is 3. The molecular weight excluding hydrogens is 927 g/mol. The molecular formula is C54H53IrN3OSi-2. The molecule has 9 aromatic rings. The normalized spacial score (nSPS) is 14.5. The monoisotopic (exact) mass is 989 g/mol. The quantitative estimate of drug-likeness (QED) is 0.118. The molecule has 0 spiro atoms. The second-order valence-corrected chi connectivity index (χ2v) is 21.8. The van der Waals surface area contributed by atoms with Crippen LogP contribution in [0.3, 0.4) is 0 Å². The first kappa shape index (κ1) is 32.4. The van der Waals surface area contributed by atoms with Crippen LogP contribution in [-0.4, -0.2) is 22.6 Å². The first-order valence-corrected chi connectivity index (χ1v) is 23.5. The predicted octanol–water partition coefficient (Wildman–Crippen LogP) is 14.3. The Morgan fingerprint density at radius 3 is 2.03 bits per heavy atom. The summed E-state index contributed by atoms with van der Waals surface area (Å²) >= 11 is 0. The number of pyridine rings is 1. The van der Waals surface area contributed by atoms with Gasteiger partial charge in [-0.1, -0.05) is 120 Å². The smallest absolute Gasteiger partial charge is 0.121 e. The fraction of sp³-hybridized carbons (Fsp3) is 0.222. The van der Waals surface area contributed by atoms with E-state index in [1.54, 1.807) is 18.2 Å². The third-order valence-corrected chi connectivity index (χ3v) is 12.8. The number of hydrogen-bond acceptors (Lipinski definition) is 3. The molecule has 0 saturated carbocycles. The number of aryl methyl sites for hydroxylation is 3. The number of fused-ring (bicyclic) bond motifs is 4. The van der Waals surface area contributed by atoms with Crippen LogP contribution in [0, 0.1) is 32.7 Å². The number of hydrogen-bond donors (Lipinski definition) is 0. The fourth-order valence-corrected chi connectivity index (χ4v) is 8.64. The first-order valence-electron chi connectivity index (χ1n) is 24.5. The van der Waals surface area contributed by atoms with Crippen molar-refractivity contribution in [3.8, 4) is 39.5 Å². The van der Waals surface area contributed by atoms with Crippen LogP contribution in [-0.2, 0) is 20.1 Å². The molecule has 60 heavy (non-hydrogen) atoms. The molecule has 4 nitrogen and oxygen atoms in total. The minimum atomic E-state index is -2.57. The number of rotatable bonds is 7. The van der Waals surface area contributed by atoms with Crippen LogP contribution in [0.15, 0.2) is 132 Å². The van der Waals surface area contributed by atoms with E-state index in [2.05, 4.69) is 118 Å². The van der Waals surface area contributed by atoms with Crippen molar-refractivity contribution >= 4 is 46.2 Å². The summed E-state index contributed by atoms with van der Waals surface area (Å²) in [6.45, 7) is 8.52. The third kappa shape index (κ3) is 8.47. The van der Waals surface area contributed by atoms with Crippen LogP contribution in [0.2, 0.25) is 19.6 Å². The van der Waals surface area contributed by atoms with Gasteiger partial charge in [-0.05, 0) is 100 Å². The van der Waals surface area contributed by atoms with Crippen molar-refractivity contribution in [2.45, 2.75) is 79.7 Å². The maximum absolute atomic E-state index is 8.30. The topological polar surface area (TPSA) is 43.9 Å². The van der Waals surface area contributed by atoms with Gasteiger partial charge in [0.2, 0.25) is 0 Å².